The molecule has 27 heavy (non-hydrogen) atoms. The SMILES string of the molecule is CC(O)(CNc1ccc(S(=O)(=O)N2CCCCC2)cn1)c1cccc(Cl)c1. The molecular weight excluding hydrogens is 386 g/mol. The fourth-order valence-corrected chi connectivity index (χ4v) is 4.73. The second-order valence-corrected chi connectivity index (χ2v) is 9.36. The number of halogens is 1. The maximum Gasteiger partial charge on any atom is 0.244 e. The van der Waals surface area contributed by atoms with E-state index in [0.717, 1.165) is 19.3 Å². The smallest absolute Gasteiger partial charge is 0.244 e. The minimum atomic E-state index is -3.49. The van der Waals surface area contributed by atoms with E-state index in [1.165, 1.54) is 10.5 Å². The summed E-state index contributed by atoms with van der Waals surface area (Å²) in [5.74, 6) is 0.495. The van der Waals surface area contributed by atoms with Gasteiger partial charge in [-0.25, -0.2) is 13.4 Å². The maximum absolute atomic E-state index is 12.6. The highest BCUT2D eigenvalue weighted by Crippen LogP contribution is 2.25. The molecule has 6 nitrogen and oxygen atoms in total. The number of hydrogen-bond donors (Lipinski definition) is 2. The minimum Gasteiger partial charge on any atom is -0.384 e. The van der Waals surface area contributed by atoms with Gasteiger partial charge in [-0.15, -0.1) is 0 Å². The standard InChI is InChI=1S/C19H24ClN3O3S/c1-19(24,15-6-5-7-16(20)12-15)14-22-18-9-8-17(13-21-18)27(25,26)23-10-3-2-4-11-23/h5-9,12-13,24H,2-4,10-11,14H2,1H3,(H,21,22). The van der Waals surface area contributed by atoms with Gasteiger partial charge in [0.15, 0.2) is 0 Å². The lowest BCUT2D eigenvalue weighted by atomic mass is 9.96. The number of pyridine rings is 1. The van der Waals surface area contributed by atoms with Crippen LogP contribution in [0.5, 0.6) is 0 Å². The number of anilines is 1. The van der Waals surface area contributed by atoms with Gasteiger partial charge in [0.25, 0.3) is 0 Å². The second-order valence-electron chi connectivity index (χ2n) is 6.98. The molecule has 3 rings (SSSR count). The quantitative estimate of drug-likeness (QED) is 0.765. The van der Waals surface area contributed by atoms with Crippen LogP contribution in [0.15, 0.2) is 47.5 Å². The molecule has 1 aliphatic rings. The molecule has 1 aliphatic heterocycles. The summed E-state index contributed by atoms with van der Waals surface area (Å²) < 4.78 is 26.8. The molecule has 0 spiro atoms. The second kappa shape index (κ2) is 8.14. The van der Waals surface area contributed by atoms with Crippen LogP contribution >= 0.6 is 11.6 Å². The van der Waals surface area contributed by atoms with Crippen molar-refractivity contribution in [2.45, 2.75) is 36.7 Å². The summed E-state index contributed by atoms with van der Waals surface area (Å²) in [5, 5.41) is 14.3. The Bertz CT molecular complexity index is 879. The van der Waals surface area contributed by atoms with Crippen molar-refractivity contribution in [3.05, 3.63) is 53.2 Å². The molecule has 8 heteroatoms. The molecule has 1 atom stereocenters. The van der Waals surface area contributed by atoms with Crippen molar-refractivity contribution < 1.29 is 13.5 Å². The van der Waals surface area contributed by atoms with Gasteiger partial charge in [0.1, 0.15) is 16.3 Å². The van der Waals surface area contributed by atoms with Crippen molar-refractivity contribution >= 4 is 27.4 Å². The number of piperidine rings is 1. The Morgan fingerprint density at radius 1 is 1.22 bits per heavy atom. The first-order valence-electron chi connectivity index (χ1n) is 8.97. The fourth-order valence-electron chi connectivity index (χ4n) is 3.08. The first-order valence-corrected chi connectivity index (χ1v) is 10.8. The zero-order valence-corrected chi connectivity index (χ0v) is 16.8. The van der Waals surface area contributed by atoms with Crippen molar-refractivity contribution in [1.82, 2.24) is 9.29 Å². The molecule has 2 N–H and O–H groups in total. The van der Waals surface area contributed by atoms with Crippen molar-refractivity contribution in [1.29, 1.82) is 0 Å². The number of hydrogen-bond acceptors (Lipinski definition) is 5. The van der Waals surface area contributed by atoms with E-state index in [2.05, 4.69) is 10.3 Å². The minimum absolute atomic E-state index is 0.191. The molecule has 146 valence electrons. The van der Waals surface area contributed by atoms with E-state index < -0.39 is 15.6 Å². The average molecular weight is 410 g/mol. The Kier molecular flexibility index (Phi) is 6.05. The van der Waals surface area contributed by atoms with Gasteiger partial charge >= 0.3 is 0 Å². The van der Waals surface area contributed by atoms with Crippen LogP contribution in [0.1, 0.15) is 31.7 Å². The molecule has 0 radical (unpaired) electrons. The fraction of sp³-hybridized carbons (Fsp3) is 0.421. The molecule has 2 heterocycles. The Morgan fingerprint density at radius 2 is 1.96 bits per heavy atom. The van der Waals surface area contributed by atoms with Crippen LogP contribution in [0.25, 0.3) is 0 Å². The lowest BCUT2D eigenvalue weighted by molar-refractivity contribution is 0.0714. The van der Waals surface area contributed by atoms with E-state index in [1.807, 2.05) is 0 Å². The summed E-state index contributed by atoms with van der Waals surface area (Å²) in [4.78, 5) is 4.39. The molecule has 0 aliphatic carbocycles. The third-order valence-electron chi connectivity index (χ3n) is 4.75. The monoisotopic (exact) mass is 409 g/mol. The number of rotatable bonds is 6. The first kappa shape index (κ1) is 20.1. The summed E-state index contributed by atoms with van der Waals surface area (Å²) >= 11 is 5.99. The molecule has 1 aromatic heterocycles. The van der Waals surface area contributed by atoms with Gasteiger partial charge in [0.2, 0.25) is 10.0 Å². The van der Waals surface area contributed by atoms with E-state index >= 15 is 0 Å². The number of benzene rings is 1. The van der Waals surface area contributed by atoms with Gasteiger partial charge in [0.05, 0.1) is 0 Å². The molecular formula is C19H24ClN3O3S. The molecule has 2 aromatic rings. The predicted molar refractivity (Wildman–Crippen MR) is 106 cm³/mol. The molecule has 1 aromatic carbocycles. The number of sulfonamides is 1. The van der Waals surface area contributed by atoms with Gasteiger partial charge in [-0.3, -0.25) is 0 Å². The Hall–Kier alpha value is -1.67. The molecule has 0 amide bonds. The zero-order valence-electron chi connectivity index (χ0n) is 15.2. The molecule has 0 saturated carbocycles. The third kappa shape index (κ3) is 4.79. The summed E-state index contributed by atoms with van der Waals surface area (Å²) in [6, 6.07) is 10.2. The Morgan fingerprint density at radius 3 is 2.59 bits per heavy atom. The predicted octanol–water partition coefficient (Wildman–Crippen LogP) is 3.23. The van der Waals surface area contributed by atoms with Crippen molar-refractivity contribution in [2.24, 2.45) is 0 Å². The Balaban J connectivity index is 1.67. The van der Waals surface area contributed by atoms with Crippen LogP contribution in [-0.2, 0) is 15.6 Å². The summed E-state index contributed by atoms with van der Waals surface area (Å²) in [7, 11) is -3.49. The summed E-state index contributed by atoms with van der Waals surface area (Å²) in [6.45, 7) is 3.01. The highest BCUT2D eigenvalue weighted by atomic mass is 35.5. The lowest BCUT2D eigenvalue weighted by Gasteiger charge is -2.26. The molecule has 0 bridgehead atoms. The van der Waals surface area contributed by atoms with Gasteiger partial charge < -0.3 is 10.4 Å². The summed E-state index contributed by atoms with van der Waals surface area (Å²) in [5.41, 5.74) is -0.461. The van der Waals surface area contributed by atoms with E-state index in [-0.39, 0.29) is 11.4 Å². The van der Waals surface area contributed by atoms with Crippen LogP contribution in [0.3, 0.4) is 0 Å². The third-order valence-corrected chi connectivity index (χ3v) is 6.87. The summed E-state index contributed by atoms with van der Waals surface area (Å²) in [6.07, 6.45) is 4.22. The highest BCUT2D eigenvalue weighted by molar-refractivity contribution is 7.89. The average Bonchev–Trinajstić information content (AvgIpc) is 2.67. The molecule has 1 saturated heterocycles. The van der Waals surface area contributed by atoms with Gasteiger partial charge in [-0.05, 0) is 49.6 Å². The highest BCUT2D eigenvalue weighted by Gasteiger charge is 2.26. The van der Waals surface area contributed by atoms with Gasteiger partial charge in [0, 0.05) is 30.9 Å². The van der Waals surface area contributed by atoms with Gasteiger partial charge in [-0.2, -0.15) is 4.31 Å². The van der Waals surface area contributed by atoms with Crippen molar-refractivity contribution in [3.63, 3.8) is 0 Å². The molecule has 1 fully saturated rings. The number of aromatic nitrogens is 1. The van der Waals surface area contributed by atoms with Crippen molar-refractivity contribution in [2.75, 3.05) is 25.0 Å². The van der Waals surface area contributed by atoms with Crippen LogP contribution in [0, 0.1) is 0 Å². The maximum atomic E-state index is 12.6. The van der Waals surface area contributed by atoms with E-state index in [4.69, 9.17) is 11.6 Å². The van der Waals surface area contributed by atoms with Crippen molar-refractivity contribution in [3.8, 4) is 0 Å². The van der Waals surface area contributed by atoms with Crippen LogP contribution in [0.4, 0.5) is 5.82 Å². The number of nitrogens with zero attached hydrogens (tertiary/aromatic N) is 2. The number of nitrogens with one attached hydrogen (secondary N) is 1. The first-order chi connectivity index (χ1) is 12.8. The number of aliphatic hydroxyl groups is 1. The topological polar surface area (TPSA) is 82.5 Å². The van der Waals surface area contributed by atoms with Crippen LogP contribution in [0.2, 0.25) is 5.02 Å². The van der Waals surface area contributed by atoms with E-state index in [9.17, 15) is 13.5 Å². The van der Waals surface area contributed by atoms with E-state index in [0.29, 0.717) is 29.5 Å². The lowest BCUT2D eigenvalue weighted by Crippen LogP contribution is -2.35. The Labute approximate surface area is 165 Å². The largest absolute Gasteiger partial charge is 0.384 e. The van der Waals surface area contributed by atoms with Crippen LogP contribution < -0.4 is 5.32 Å². The van der Waals surface area contributed by atoms with Gasteiger partial charge in [-0.1, -0.05) is 30.2 Å². The molecule has 1 unspecified atom stereocenters. The zero-order chi connectivity index (χ0) is 19.5. The van der Waals surface area contributed by atoms with E-state index in [1.54, 1.807) is 43.3 Å². The normalized spacial score (nSPS) is 18.0. The van der Waals surface area contributed by atoms with Crippen LogP contribution in [-0.4, -0.2) is 42.4 Å².